The molecule has 5 nitrogen and oxygen atoms in total. The average molecular weight is 499 g/mol. The number of nitrogens with zero attached hydrogens (tertiary/aromatic N) is 3. The number of aliphatic hydroxyl groups is 1. The molecule has 1 fully saturated rings. The molecule has 2 atom stereocenters. The lowest BCUT2D eigenvalue weighted by atomic mass is 9.83. The van der Waals surface area contributed by atoms with E-state index in [-0.39, 0.29) is 5.37 Å². The summed E-state index contributed by atoms with van der Waals surface area (Å²) in [6.07, 6.45) is 16.1. The number of nitrogens with one attached hydrogen (secondary N) is 1. The maximum Gasteiger partial charge on any atom is 0.227 e. The van der Waals surface area contributed by atoms with Crippen LogP contribution < -0.4 is 5.32 Å². The molecule has 1 aliphatic carbocycles. The SMILES string of the molecule is C=C(/C=C(C)\C=C(/C)C1=CN(C)C(C(C)(O)CCCCC)S1)Nc1nccc(C2CCC2)n1.CC. The van der Waals surface area contributed by atoms with Crippen LogP contribution in [0.4, 0.5) is 5.95 Å². The number of anilines is 1. The van der Waals surface area contributed by atoms with Crippen LogP contribution in [0, 0.1) is 0 Å². The van der Waals surface area contributed by atoms with Gasteiger partial charge < -0.3 is 15.3 Å². The molecule has 0 bridgehead atoms. The zero-order valence-electron chi connectivity index (χ0n) is 22.9. The van der Waals surface area contributed by atoms with Crippen molar-refractivity contribution in [3.8, 4) is 0 Å². The first-order valence-corrected chi connectivity index (χ1v) is 14.1. The van der Waals surface area contributed by atoms with Crippen molar-refractivity contribution in [3.63, 3.8) is 0 Å². The highest BCUT2D eigenvalue weighted by atomic mass is 32.2. The van der Waals surface area contributed by atoms with Crippen molar-refractivity contribution in [2.45, 2.75) is 103 Å². The molecule has 0 radical (unpaired) electrons. The number of hydrogen-bond donors (Lipinski definition) is 2. The Kier molecular flexibility index (Phi) is 11.6. The van der Waals surface area contributed by atoms with Gasteiger partial charge in [0.2, 0.25) is 5.95 Å². The summed E-state index contributed by atoms with van der Waals surface area (Å²) in [4.78, 5) is 12.4. The van der Waals surface area contributed by atoms with E-state index in [2.05, 4.69) is 66.9 Å². The molecule has 35 heavy (non-hydrogen) atoms. The van der Waals surface area contributed by atoms with Gasteiger partial charge >= 0.3 is 0 Å². The summed E-state index contributed by atoms with van der Waals surface area (Å²) in [5.41, 5.74) is 3.46. The van der Waals surface area contributed by atoms with E-state index in [0.717, 1.165) is 36.2 Å². The topological polar surface area (TPSA) is 61.3 Å². The van der Waals surface area contributed by atoms with Gasteiger partial charge in [0, 0.05) is 41.7 Å². The maximum absolute atomic E-state index is 11.1. The van der Waals surface area contributed by atoms with Crippen molar-refractivity contribution in [1.82, 2.24) is 14.9 Å². The minimum atomic E-state index is -0.718. The molecule has 6 heteroatoms. The predicted octanol–water partition coefficient (Wildman–Crippen LogP) is 7.77. The van der Waals surface area contributed by atoms with Gasteiger partial charge in [-0.25, -0.2) is 9.97 Å². The van der Waals surface area contributed by atoms with Crippen LogP contribution in [0.15, 0.2) is 58.9 Å². The second kappa shape index (κ2) is 13.9. The van der Waals surface area contributed by atoms with Gasteiger partial charge in [0.1, 0.15) is 5.37 Å². The van der Waals surface area contributed by atoms with Crippen LogP contribution in [0.1, 0.15) is 98.1 Å². The minimum Gasteiger partial charge on any atom is -0.387 e. The van der Waals surface area contributed by atoms with E-state index in [1.807, 2.05) is 39.1 Å². The van der Waals surface area contributed by atoms with Gasteiger partial charge in [0.05, 0.1) is 5.60 Å². The third-order valence-electron chi connectivity index (χ3n) is 6.46. The summed E-state index contributed by atoms with van der Waals surface area (Å²) in [5.74, 6) is 1.19. The highest BCUT2D eigenvalue weighted by Gasteiger charge is 2.38. The zero-order valence-corrected chi connectivity index (χ0v) is 23.7. The van der Waals surface area contributed by atoms with Gasteiger partial charge in [-0.1, -0.05) is 70.9 Å². The molecular formula is C29H46N4OS. The van der Waals surface area contributed by atoms with E-state index >= 15 is 0 Å². The molecule has 0 amide bonds. The highest BCUT2D eigenvalue weighted by Crippen LogP contribution is 2.43. The summed E-state index contributed by atoms with van der Waals surface area (Å²) >= 11 is 1.75. The lowest BCUT2D eigenvalue weighted by Gasteiger charge is -2.34. The van der Waals surface area contributed by atoms with Gasteiger partial charge in [0.25, 0.3) is 0 Å². The summed E-state index contributed by atoms with van der Waals surface area (Å²) < 4.78 is 0. The summed E-state index contributed by atoms with van der Waals surface area (Å²) in [6, 6.07) is 2.02. The normalized spacial score (nSPS) is 20.4. The molecule has 2 heterocycles. The van der Waals surface area contributed by atoms with Crippen LogP contribution in [-0.4, -0.2) is 38.0 Å². The van der Waals surface area contributed by atoms with Crippen LogP contribution >= 0.6 is 11.8 Å². The molecule has 1 aromatic heterocycles. The fraction of sp³-hybridized carbons (Fsp3) is 0.586. The maximum atomic E-state index is 11.1. The zero-order chi connectivity index (χ0) is 26.0. The van der Waals surface area contributed by atoms with Crippen molar-refractivity contribution in [2.75, 3.05) is 12.4 Å². The Hall–Kier alpha value is -2.05. The average Bonchev–Trinajstić information content (AvgIpc) is 3.17. The molecule has 2 N–H and O–H groups in total. The quantitative estimate of drug-likeness (QED) is 0.240. The number of unbranched alkanes of at least 4 members (excludes halogenated alkanes) is 2. The summed E-state index contributed by atoms with van der Waals surface area (Å²) in [5, 5.41) is 14.3. The molecule has 0 spiro atoms. The van der Waals surface area contributed by atoms with E-state index in [1.54, 1.807) is 11.8 Å². The van der Waals surface area contributed by atoms with E-state index < -0.39 is 5.60 Å². The van der Waals surface area contributed by atoms with Crippen molar-refractivity contribution >= 4 is 17.7 Å². The van der Waals surface area contributed by atoms with E-state index in [0.29, 0.717) is 11.9 Å². The Morgan fingerprint density at radius 3 is 2.63 bits per heavy atom. The molecular weight excluding hydrogens is 452 g/mol. The summed E-state index contributed by atoms with van der Waals surface area (Å²) in [6.45, 7) is 16.5. The van der Waals surface area contributed by atoms with Crippen LogP contribution in [0.2, 0.25) is 0 Å². The Morgan fingerprint density at radius 1 is 1.29 bits per heavy atom. The monoisotopic (exact) mass is 498 g/mol. The van der Waals surface area contributed by atoms with Crippen molar-refractivity contribution in [3.05, 3.63) is 64.6 Å². The lowest BCUT2D eigenvalue weighted by molar-refractivity contribution is 0.0153. The first-order chi connectivity index (χ1) is 16.7. The second-order valence-electron chi connectivity index (χ2n) is 9.74. The van der Waals surface area contributed by atoms with Crippen molar-refractivity contribution in [2.24, 2.45) is 0 Å². The van der Waals surface area contributed by atoms with E-state index in [1.165, 1.54) is 36.2 Å². The van der Waals surface area contributed by atoms with Crippen LogP contribution in [-0.2, 0) is 0 Å². The van der Waals surface area contributed by atoms with E-state index in [4.69, 9.17) is 0 Å². The lowest BCUT2D eigenvalue weighted by Crippen LogP contribution is -2.43. The standard InChI is InChI=1S/C27H40N4OS.C2H6/c1-7-8-9-14-27(5,32)25-31(6)18-24(33-25)20(3)16-19(2)17-21(4)29-26-28-15-13-23(30-26)22-11-10-12-22;1-2/h13,15-18,22,25,32H,4,7-12,14H2,1-3,5-6H3,(H,28,29,30);1-2H3/b19-17-,20-16+;. The minimum absolute atomic E-state index is 0.0358. The number of hydrogen-bond acceptors (Lipinski definition) is 6. The molecule has 2 unspecified atom stereocenters. The fourth-order valence-corrected chi connectivity index (χ4v) is 5.69. The molecule has 0 saturated heterocycles. The predicted molar refractivity (Wildman–Crippen MR) is 152 cm³/mol. The number of rotatable bonds is 11. The van der Waals surface area contributed by atoms with Crippen molar-refractivity contribution < 1.29 is 5.11 Å². The highest BCUT2D eigenvalue weighted by molar-refractivity contribution is 8.04. The van der Waals surface area contributed by atoms with Crippen LogP contribution in [0.5, 0.6) is 0 Å². The number of allylic oxidation sites excluding steroid dienone is 4. The Morgan fingerprint density at radius 2 is 2.00 bits per heavy atom. The molecule has 2 aliphatic rings. The number of thioether (sulfide) groups is 1. The third kappa shape index (κ3) is 8.53. The largest absolute Gasteiger partial charge is 0.387 e. The molecule has 194 valence electrons. The first-order valence-electron chi connectivity index (χ1n) is 13.2. The smallest absolute Gasteiger partial charge is 0.227 e. The fourth-order valence-electron chi connectivity index (χ4n) is 4.38. The van der Waals surface area contributed by atoms with Gasteiger partial charge in [0.15, 0.2) is 0 Å². The third-order valence-corrected chi connectivity index (χ3v) is 8.20. The molecule has 1 saturated carbocycles. The first kappa shape index (κ1) is 29.2. The van der Waals surface area contributed by atoms with Gasteiger partial charge in [-0.15, -0.1) is 0 Å². The number of likely N-dealkylation sites (N-methyl/N-ethyl adjacent to an activating group) is 1. The van der Waals surface area contributed by atoms with Crippen molar-refractivity contribution in [1.29, 1.82) is 0 Å². The molecule has 0 aromatic carbocycles. The van der Waals surface area contributed by atoms with Gasteiger partial charge in [-0.3, -0.25) is 0 Å². The Balaban J connectivity index is 0.00000210. The van der Waals surface area contributed by atoms with Crippen LogP contribution in [0.25, 0.3) is 0 Å². The summed E-state index contributed by atoms with van der Waals surface area (Å²) in [7, 11) is 2.05. The Bertz CT molecular complexity index is 930. The van der Waals surface area contributed by atoms with E-state index in [9.17, 15) is 5.11 Å². The molecule has 1 aromatic rings. The van der Waals surface area contributed by atoms with Crippen LogP contribution in [0.3, 0.4) is 0 Å². The molecule has 3 rings (SSSR count). The second-order valence-corrected chi connectivity index (χ2v) is 10.9. The van der Waals surface area contributed by atoms with Gasteiger partial charge in [-0.2, -0.15) is 0 Å². The van der Waals surface area contributed by atoms with Gasteiger partial charge in [-0.05, 0) is 63.3 Å². The Labute approximate surface area is 217 Å². The number of aromatic nitrogens is 2. The molecule has 1 aliphatic heterocycles.